The molecule has 1 saturated heterocycles. The number of piperidine rings is 1. The Morgan fingerprint density at radius 3 is 2.36 bits per heavy atom. The summed E-state index contributed by atoms with van der Waals surface area (Å²) in [6.45, 7) is -0.349. The molecule has 10 nitrogen and oxygen atoms in total. The number of fused-ring (bicyclic) bond motifs is 1. The number of carboxylic acids is 1. The van der Waals surface area contributed by atoms with Gasteiger partial charge in [-0.3, -0.25) is 19.8 Å². The van der Waals surface area contributed by atoms with Crippen molar-refractivity contribution in [3.8, 4) is 17.2 Å². The number of hydrogen-bond donors (Lipinski definition) is 2. The topological polar surface area (TPSA) is 127 Å². The number of nitro groups is 1. The number of alkyl halides is 3. The number of aromatic nitrogens is 1. The molecule has 2 heterocycles. The SMILES string of the molecule is COc1cc(CC(=O)O)ccc1OC1CCN(CC(O)(c2cn(-c3ccccc3)c3cc([N+](=O)[O-])ccc23)C(F)(F)F)CC1. The normalized spacial score (nSPS) is 16.0. The molecule has 1 aliphatic rings. The van der Waals surface area contributed by atoms with Crippen LogP contribution in [0.4, 0.5) is 18.9 Å². The lowest BCUT2D eigenvalue weighted by Gasteiger charge is -2.39. The molecule has 0 radical (unpaired) electrons. The van der Waals surface area contributed by atoms with Gasteiger partial charge in [-0.1, -0.05) is 24.3 Å². The predicted molar refractivity (Wildman–Crippen MR) is 154 cm³/mol. The minimum absolute atomic E-state index is 0.0518. The summed E-state index contributed by atoms with van der Waals surface area (Å²) in [7, 11) is 1.43. The molecule has 0 amide bonds. The number of para-hydroxylation sites is 1. The second kappa shape index (κ2) is 12.2. The quantitative estimate of drug-likeness (QED) is 0.178. The summed E-state index contributed by atoms with van der Waals surface area (Å²) >= 11 is 0. The summed E-state index contributed by atoms with van der Waals surface area (Å²) < 4.78 is 57.2. The van der Waals surface area contributed by atoms with E-state index in [1.54, 1.807) is 48.5 Å². The van der Waals surface area contributed by atoms with Crippen molar-refractivity contribution in [1.82, 2.24) is 9.47 Å². The number of likely N-dealkylation sites (tertiary alicyclic amines) is 1. The van der Waals surface area contributed by atoms with Crippen LogP contribution in [-0.2, 0) is 16.8 Å². The summed E-state index contributed by atoms with van der Waals surface area (Å²) in [6.07, 6.45) is -3.66. The standard InChI is InChI=1S/C31H30F3N3O7/c1-43-28-15-20(16-29(38)39)7-10-27(28)44-23-11-13-35(14-12-23)19-30(40,31(32,33)34)25-18-36(21-5-3-2-4-6-21)26-17-22(37(41)42)8-9-24(25)26/h2-10,15,17-18,23,40H,11-14,16,19H2,1H3,(H,38,39). The minimum atomic E-state index is -5.07. The van der Waals surface area contributed by atoms with Gasteiger partial charge < -0.3 is 24.3 Å². The number of β-amino-alcohol motifs (C(OH)–C–C–N with tert-alkyl or cyclic N) is 1. The summed E-state index contributed by atoms with van der Waals surface area (Å²) in [6, 6.07) is 16.8. The van der Waals surface area contributed by atoms with E-state index in [9.17, 15) is 33.2 Å². The fourth-order valence-electron chi connectivity index (χ4n) is 5.57. The van der Waals surface area contributed by atoms with Crippen molar-refractivity contribution in [1.29, 1.82) is 0 Å². The number of carbonyl (C=O) groups is 1. The van der Waals surface area contributed by atoms with E-state index in [1.165, 1.54) is 34.9 Å². The number of rotatable bonds is 10. The Kier molecular flexibility index (Phi) is 8.53. The van der Waals surface area contributed by atoms with Crippen LogP contribution in [0.15, 0.2) is 72.9 Å². The molecule has 232 valence electrons. The van der Waals surface area contributed by atoms with Gasteiger partial charge in [-0.25, -0.2) is 0 Å². The number of aliphatic carboxylic acids is 1. The number of methoxy groups -OCH3 is 1. The highest BCUT2D eigenvalue weighted by Crippen LogP contribution is 2.44. The van der Waals surface area contributed by atoms with Gasteiger partial charge in [0.15, 0.2) is 11.5 Å². The van der Waals surface area contributed by atoms with Gasteiger partial charge in [0.2, 0.25) is 5.60 Å². The molecule has 5 rings (SSSR count). The van der Waals surface area contributed by atoms with Gasteiger partial charge in [-0.15, -0.1) is 0 Å². The summed E-state index contributed by atoms with van der Waals surface area (Å²) in [5, 5.41) is 32.0. The Balaban J connectivity index is 1.39. The van der Waals surface area contributed by atoms with Crippen LogP contribution < -0.4 is 9.47 Å². The second-order valence-electron chi connectivity index (χ2n) is 10.7. The number of non-ortho nitro benzene ring substituents is 1. The maximum absolute atomic E-state index is 14.8. The zero-order valence-electron chi connectivity index (χ0n) is 23.7. The van der Waals surface area contributed by atoms with Crippen molar-refractivity contribution in [2.24, 2.45) is 0 Å². The van der Waals surface area contributed by atoms with Crippen LogP contribution in [0, 0.1) is 10.1 Å². The highest BCUT2D eigenvalue weighted by atomic mass is 19.4. The van der Waals surface area contributed by atoms with Crippen molar-refractivity contribution < 1.29 is 42.6 Å². The number of aliphatic hydroxyl groups is 1. The molecule has 1 unspecified atom stereocenters. The van der Waals surface area contributed by atoms with E-state index in [0.29, 0.717) is 35.6 Å². The smallest absolute Gasteiger partial charge is 0.422 e. The maximum atomic E-state index is 14.8. The number of ether oxygens (including phenoxy) is 2. The fourth-order valence-corrected chi connectivity index (χ4v) is 5.57. The van der Waals surface area contributed by atoms with Crippen molar-refractivity contribution in [2.45, 2.75) is 37.1 Å². The number of nitro benzene ring substituents is 1. The third-order valence-corrected chi connectivity index (χ3v) is 7.81. The first kappa shape index (κ1) is 30.8. The van der Waals surface area contributed by atoms with E-state index < -0.39 is 34.8 Å². The number of halogens is 3. The van der Waals surface area contributed by atoms with Gasteiger partial charge in [0.05, 0.1) is 24.0 Å². The molecular formula is C31H30F3N3O7. The van der Waals surface area contributed by atoms with Crippen LogP contribution in [0.5, 0.6) is 11.5 Å². The number of benzene rings is 3. The lowest BCUT2D eigenvalue weighted by Crippen LogP contribution is -2.53. The minimum Gasteiger partial charge on any atom is -0.493 e. The molecule has 1 aromatic heterocycles. The number of carboxylic acid groups (broad SMARTS) is 1. The van der Waals surface area contributed by atoms with Gasteiger partial charge in [-0.2, -0.15) is 13.2 Å². The Labute approximate surface area is 250 Å². The van der Waals surface area contributed by atoms with E-state index >= 15 is 0 Å². The molecule has 0 saturated carbocycles. The third kappa shape index (κ3) is 6.19. The van der Waals surface area contributed by atoms with Gasteiger partial charge in [0.1, 0.15) is 6.10 Å². The predicted octanol–water partition coefficient (Wildman–Crippen LogP) is 5.47. The molecule has 0 aliphatic carbocycles. The zero-order valence-corrected chi connectivity index (χ0v) is 23.7. The first-order chi connectivity index (χ1) is 20.9. The van der Waals surface area contributed by atoms with Crippen LogP contribution in [0.2, 0.25) is 0 Å². The van der Waals surface area contributed by atoms with Gasteiger partial charge >= 0.3 is 12.1 Å². The van der Waals surface area contributed by atoms with Crippen LogP contribution in [-0.4, -0.2) is 69.6 Å². The van der Waals surface area contributed by atoms with Gasteiger partial charge in [0, 0.05) is 54.6 Å². The molecule has 1 fully saturated rings. The van der Waals surface area contributed by atoms with Gasteiger partial charge in [0.25, 0.3) is 5.69 Å². The van der Waals surface area contributed by atoms with Crippen LogP contribution in [0.3, 0.4) is 0 Å². The van der Waals surface area contributed by atoms with Crippen molar-refractivity contribution in [3.05, 3.63) is 94.2 Å². The van der Waals surface area contributed by atoms with Crippen LogP contribution in [0.1, 0.15) is 24.0 Å². The molecule has 1 atom stereocenters. The molecule has 3 aromatic carbocycles. The third-order valence-electron chi connectivity index (χ3n) is 7.81. The number of nitrogens with zero attached hydrogens (tertiary/aromatic N) is 3. The zero-order chi connectivity index (χ0) is 31.6. The monoisotopic (exact) mass is 613 g/mol. The van der Waals surface area contributed by atoms with E-state index in [-0.39, 0.29) is 42.2 Å². The molecule has 0 bridgehead atoms. The largest absolute Gasteiger partial charge is 0.493 e. The second-order valence-corrected chi connectivity index (χ2v) is 10.7. The Morgan fingerprint density at radius 1 is 1.05 bits per heavy atom. The van der Waals surface area contributed by atoms with Crippen molar-refractivity contribution in [3.63, 3.8) is 0 Å². The Bertz CT molecular complexity index is 1670. The fraction of sp³-hybridized carbons (Fsp3) is 0.323. The molecule has 0 spiro atoms. The van der Waals surface area contributed by atoms with Crippen LogP contribution in [0.25, 0.3) is 16.6 Å². The van der Waals surface area contributed by atoms with Crippen molar-refractivity contribution in [2.75, 3.05) is 26.7 Å². The summed E-state index contributed by atoms with van der Waals surface area (Å²) in [5.74, 6) is -0.236. The lowest BCUT2D eigenvalue weighted by molar-refractivity contribution is -0.384. The highest BCUT2D eigenvalue weighted by Gasteiger charge is 2.57. The molecule has 13 heteroatoms. The first-order valence-corrected chi connectivity index (χ1v) is 13.8. The van der Waals surface area contributed by atoms with Crippen molar-refractivity contribution >= 4 is 22.6 Å². The summed E-state index contributed by atoms with van der Waals surface area (Å²) in [5.41, 5.74) is -2.78. The average molecular weight is 614 g/mol. The highest BCUT2D eigenvalue weighted by molar-refractivity contribution is 5.88. The van der Waals surface area contributed by atoms with E-state index in [2.05, 4.69) is 0 Å². The van der Waals surface area contributed by atoms with Crippen LogP contribution >= 0.6 is 0 Å². The first-order valence-electron chi connectivity index (χ1n) is 13.8. The average Bonchev–Trinajstić information content (AvgIpc) is 3.38. The molecule has 1 aliphatic heterocycles. The molecule has 2 N–H and O–H groups in total. The van der Waals surface area contributed by atoms with E-state index in [0.717, 1.165) is 6.07 Å². The molecule has 4 aromatic rings. The Morgan fingerprint density at radius 2 is 1.75 bits per heavy atom. The summed E-state index contributed by atoms with van der Waals surface area (Å²) in [4.78, 5) is 23.4. The van der Waals surface area contributed by atoms with Gasteiger partial charge in [-0.05, 0) is 48.7 Å². The number of hydrogen-bond acceptors (Lipinski definition) is 7. The van der Waals surface area contributed by atoms with E-state index in [1.807, 2.05) is 0 Å². The maximum Gasteiger partial charge on any atom is 0.422 e. The van der Waals surface area contributed by atoms with E-state index in [4.69, 9.17) is 14.6 Å². The Hall–Kier alpha value is -4.62. The lowest BCUT2D eigenvalue weighted by atomic mass is 9.91. The molecular weight excluding hydrogens is 583 g/mol. The molecule has 44 heavy (non-hydrogen) atoms.